The van der Waals surface area contributed by atoms with Crippen molar-refractivity contribution in [2.24, 2.45) is 0 Å². The molecule has 2 rings (SSSR count). The standard InChI is InChI=1S/C15H21ClN2O2/c1-2-15(19)18-12-5-6-13(16)14(10-12)17-11-4-3-8-20-9-7-11/h5-6,10-11,17H,2-4,7-9H2,1H3,(H,18,19). The Hall–Kier alpha value is -1.26. The van der Waals surface area contributed by atoms with Gasteiger partial charge in [0.15, 0.2) is 0 Å². The maximum absolute atomic E-state index is 11.4. The number of halogens is 1. The monoisotopic (exact) mass is 296 g/mol. The summed E-state index contributed by atoms with van der Waals surface area (Å²) in [5.74, 6) is 0.00105. The van der Waals surface area contributed by atoms with Crippen molar-refractivity contribution in [2.75, 3.05) is 23.8 Å². The van der Waals surface area contributed by atoms with Crippen LogP contribution in [0.1, 0.15) is 32.6 Å². The molecule has 1 aliphatic heterocycles. The average Bonchev–Trinajstić information content (AvgIpc) is 2.71. The molecule has 1 heterocycles. The van der Waals surface area contributed by atoms with E-state index in [1.54, 1.807) is 0 Å². The average molecular weight is 297 g/mol. The number of amides is 1. The van der Waals surface area contributed by atoms with Gasteiger partial charge in [-0.05, 0) is 37.5 Å². The molecule has 1 aromatic carbocycles. The summed E-state index contributed by atoms with van der Waals surface area (Å²) in [5, 5.41) is 6.98. The van der Waals surface area contributed by atoms with Crippen molar-refractivity contribution < 1.29 is 9.53 Å². The van der Waals surface area contributed by atoms with Crippen LogP contribution in [0.2, 0.25) is 5.02 Å². The molecular formula is C15H21ClN2O2. The summed E-state index contributed by atoms with van der Waals surface area (Å²) in [6.07, 6.45) is 3.57. The maximum Gasteiger partial charge on any atom is 0.224 e. The first-order chi connectivity index (χ1) is 9.69. The second-order valence-corrected chi connectivity index (χ2v) is 5.39. The molecule has 20 heavy (non-hydrogen) atoms. The van der Waals surface area contributed by atoms with Crippen LogP contribution in [0, 0.1) is 0 Å². The molecule has 2 N–H and O–H groups in total. The van der Waals surface area contributed by atoms with Crippen LogP contribution in [-0.4, -0.2) is 25.2 Å². The zero-order valence-electron chi connectivity index (χ0n) is 11.7. The molecule has 1 aromatic rings. The molecule has 4 nitrogen and oxygen atoms in total. The van der Waals surface area contributed by atoms with E-state index >= 15 is 0 Å². The largest absolute Gasteiger partial charge is 0.381 e. The molecule has 1 fully saturated rings. The van der Waals surface area contributed by atoms with Crippen molar-refractivity contribution >= 4 is 28.9 Å². The van der Waals surface area contributed by atoms with Crippen LogP contribution in [-0.2, 0) is 9.53 Å². The number of hydrogen-bond acceptors (Lipinski definition) is 3. The Morgan fingerprint density at radius 3 is 3.05 bits per heavy atom. The zero-order valence-corrected chi connectivity index (χ0v) is 12.5. The highest BCUT2D eigenvalue weighted by Crippen LogP contribution is 2.27. The molecular weight excluding hydrogens is 276 g/mol. The Morgan fingerprint density at radius 1 is 1.40 bits per heavy atom. The Kier molecular flexibility index (Phi) is 5.68. The number of hydrogen-bond donors (Lipinski definition) is 2. The number of carbonyl (C=O) groups excluding carboxylic acids is 1. The number of nitrogens with one attached hydrogen (secondary N) is 2. The van der Waals surface area contributed by atoms with Gasteiger partial charge in [-0.15, -0.1) is 0 Å². The lowest BCUT2D eigenvalue weighted by Crippen LogP contribution is -2.20. The number of carbonyl (C=O) groups is 1. The zero-order chi connectivity index (χ0) is 14.4. The fraction of sp³-hybridized carbons (Fsp3) is 0.533. The molecule has 0 aromatic heterocycles. The fourth-order valence-corrected chi connectivity index (χ4v) is 2.40. The number of ether oxygens (including phenoxy) is 1. The van der Waals surface area contributed by atoms with Crippen LogP contribution < -0.4 is 10.6 Å². The van der Waals surface area contributed by atoms with Gasteiger partial charge < -0.3 is 15.4 Å². The molecule has 1 unspecified atom stereocenters. The van der Waals surface area contributed by atoms with Crippen molar-refractivity contribution in [1.82, 2.24) is 0 Å². The van der Waals surface area contributed by atoms with Crippen molar-refractivity contribution in [3.63, 3.8) is 0 Å². The van der Waals surface area contributed by atoms with Crippen LogP contribution in [0.15, 0.2) is 18.2 Å². The molecule has 1 saturated heterocycles. The first kappa shape index (κ1) is 15.1. The van der Waals surface area contributed by atoms with Gasteiger partial charge in [0.1, 0.15) is 0 Å². The molecule has 0 radical (unpaired) electrons. The van der Waals surface area contributed by atoms with Gasteiger partial charge >= 0.3 is 0 Å². The summed E-state index contributed by atoms with van der Waals surface area (Å²) in [6.45, 7) is 3.44. The van der Waals surface area contributed by atoms with Gasteiger partial charge in [-0.2, -0.15) is 0 Å². The topological polar surface area (TPSA) is 50.4 Å². The summed E-state index contributed by atoms with van der Waals surface area (Å²) >= 11 is 6.22. The van der Waals surface area contributed by atoms with E-state index < -0.39 is 0 Å². The molecule has 1 atom stereocenters. The van der Waals surface area contributed by atoms with E-state index in [1.807, 2.05) is 25.1 Å². The van der Waals surface area contributed by atoms with Gasteiger partial charge in [0, 0.05) is 31.4 Å². The number of rotatable bonds is 4. The summed E-state index contributed by atoms with van der Waals surface area (Å²) in [6, 6.07) is 5.88. The highest BCUT2D eigenvalue weighted by atomic mass is 35.5. The number of anilines is 2. The van der Waals surface area contributed by atoms with Gasteiger partial charge in [-0.25, -0.2) is 0 Å². The summed E-state index contributed by atoms with van der Waals surface area (Å²) in [4.78, 5) is 11.4. The van der Waals surface area contributed by atoms with Crippen molar-refractivity contribution in [1.29, 1.82) is 0 Å². The highest BCUT2D eigenvalue weighted by Gasteiger charge is 2.14. The quantitative estimate of drug-likeness (QED) is 0.891. The fourth-order valence-electron chi connectivity index (χ4n) is 2.23. The van der Waals surface area contributed by atoms with Crippen LogP contribution in [0.5, 0.6) is 0 Å². The van der Waals surface area contributed by atoms with Gasteiger partial charge in [0.05, 0.1) is 10.7 Å². The first-order valence-electron chi connectivity index (χ1n) is 7.12. The lowest BCUT2D eigenvalue weighted by molar-refractivity contribution is -0.115. The molecule has 0 saturated carbocycles. The van der Waals surface area contributed by atoms with Crippen LogP contribution in [0.3, 0.4) is 0 Å². The maximum atomic E-state index is 11.4. The third-order valence-electron chi connectivity index (χ3n) is 3.38. The molecule has 1 amide bonds. The second kappa shape index (κ2) is 7.50. The predicted octanol–water partition coefficient (Wildman–Crippen LogP) is 3.67. The Bertz CT molecular complexity index is 457. The third-order valence-corrected chi connectivity index (χ3v) is 3.71. The predicted molar refractivity (Wildman–Crippen MR) is 82.5 cm³/mol. The van der Waals surface area contributed by atoms with Crippen molar-refractivity contribution in [3.05, 3.63) is 23.2 Å². The van der Waals surface area contributed by atoms with E-state index in [0.717, 1.165) is 43.9 Å². The molecule has 0 aliphatic carbocycles. The summed E-state index contributed by atoms with van der Waals surface area (Å²) in [7, 11) is 0. The summed E-state index contributed by atoms with van der Waals surface area (Å²) < 4.78 is 5.45. The van der Waals surface area contributed by atoms with Crippen molar-refractivity contribution in [2.45, 2.75) is 38.6 Å². The second-order valence-electron chi connectivity index (χ2n) is 4.98. The third kappa shape index (κ3) is 4.39. The van der Waals surface area contributed by atoms with E-state index in [9.17, 15) is 4.79 Å². The smallest absolute Gasteiger partial charge is 0.224 e. The molecule has 0 spiro atoms. The molecule has 1 aliphatic rings. The van der Waals surface area contributed by atoms with E-state index in [1.165, 1.54) is 0 Å². The van der Waals surface area contributed by atoms with Gasteiger partial charge in [-0.3, -0.25) is 4.79 Å². The van der Waals surface area contributed by atoms with Gasteiger partial charge in [0.25, 0.3) is 0 Å². The summed E-state index contributed by atoms with van der Waals surface area (Å²) in [5.41, 5.74) is 1.64. The highest BCUT2D eigenvalue weighted by molar-refractivity contribution is 6.33. The van der Waals surface area contributed by atoms with E-state index in [-0.39, 0.29) is 5.91 Å². The van der Waals surface area contributed by atoms with Gasteiger partial charge in [0.2, 0.25) is 5.91 Å². The minimum atomic E-state index is 0.00105. The van der Waals surface area contributed by atoms with Crippen LogP contribution >= 0.6 is 11.6 Å². The van der Waals surface area contributed by atoms with Crippen LogP contribution in [0.4, 0.5) is 11.4 Å². The number of benzene rings is 1. The Balaban J connectivity index is 2.05. The SMILES string of the molecule is CCC(=O)Nc1ccc(Cl)c(NC2CCCOCC2)c1. The molecule has 5 heteroatoms. The van der Waals surface area contributed by atoms with E-state index in [4.69, 9.17) is 16.3 Å². The minimum absolute atomic E-state index is 0.00105. The minimum Gasteiger partial charge on any atom is -0.381 e. The lowest BCUT2D eigenvalue weighted by atomic mass is 10.1. The molecule has 0 bridgehead atoms. The Labute approximate surface area is 124 Å². The van der Waals surface area contributed by atoms with Gasteiger partial charge in [-0.1, -0.05) is 18.5 Å². The first-order valence-corrected chi connectivity index (χ1v) is 7.50. The normalized spacial score (nSPS) is 19.2. The Morgan fingerprint density at radius 2 is 2.25 bits per heavy atom. The van der Waals surface area contributed by atoms with E-state index in [0.29, 0.717) is 17.5 Å². The van der Waals surface area contributed by atoms with Crippen molar-refractivity contribution in [3.8, 4) is 0 Å². The van der Waals surface area contributed by atoms with Crippen LogP contribution in [0.25, 0.3) is 0 Å². The van der Waals surface area contributed by atoms with E-state index in [2.05, 4.69) is 10.6 Å². The molecule has 110 valence electrons. The lowest BCUT2D eigenvalue weighted by Gasteiger charge is -2.19.